The molecule has 0 aliphatic heterocycles. The number of hydrogen-bond donors (Lipinski definition) is 0. The average Bonchev–Trinajstić information content (AvgIpc) is 2.89. The third kappa shape index (κ3) is 6.97. The molecule has 2 aromatic carbocycles. The minimum Gasteiger partial charge on any atom is -0.0654 e. The summed E-state index contributed by atoms with van der Waals surface area (Å²) in [6.45, 7) is 4.64. The molecular weight excluding hydrogens is 396 g/mol. The summed E-state index contributed by atoms with van der Waals surface area (Å²) in [6, 6.07) is 19.2. The Morgan fingerprint density at radius 1 is 0.485 bits per heavy atom. The molecule has 0 heteroatoms. The summed E-state index contributed by atoms with van der Waals surface area (Å²) in [7, 11) is 0. The van der Waals surface area contributed by atoms with Crippen molar-refractivity contribution in [2.45, 2.75) is 122 Å². The zero-order chi connectivity index (χ0) is 22.9. The Morgan fingerprint density at radius 2 is 0.879 bits per heavy atom. The lowest BCUT2D eigenvalue weighted by atomic mass is 9.76. The van der Waals surface area contributed by atoms with E-state index in [1.807, 2.05) is 0 Å². The smallest absolute Gasteiger partial charge is 0.0162 e. The number of unbranched alkanes of at least 4 members (excludes halogenated alkanes) is 3. The van der Waals surface area contributed by atoms with Gasteiger partial charge < -0.3 is 0 Å². The van der Waals surface area contributed by atoms with Crippen LogP contribution in [0.15, 0.2) is 48.5 Å². The SMILES string of the molecule is CCCCCC1CCC(c2ccc(-c3ccc(C4CCC(CCCC)CC4)cc3)cc2)CC1. The normalized spacial score (nSPS) is 25.8. The highest BCUT2D eigenvalue weighted by molar-refractivity contribution is 5.64. The molecule has 0 spiro atoms. The number of rotatable bonds is 10. The molecule has 180 valence electrons. The van der Waals surface area contributed by atoms with Crippen molar-refractivity contribution in [2.24, 2.45) is 11.8 Å². The van der Waals surface area contributed by atoms with Gasteiger partial charge in [-0.1, -0.05) is 107 Å². The summed E-state index contributed by atoms with van der Waals surface area (Å²) >= 11 is 0. The fourth-order valence-corrected chi connectivity index (χ4v) is 6.64. The van der Waals surface area contributed by atoms with Crippen LogP contribution in [0.25, 0.3) is 11.1 Å². The fraction of sp³-hybridized carbons (Fsp3) is 0.636. The van der Waals surface area contributed by atoms with Crippen LogP contribution in [0.1, 0.15) is 133 Å². The highest BCUT2D eigenvalue weighted by Gasteiger charge is 2.23. The van der Waals surface area contributed by atoms with Crippen LogP contribution in [0.5, 0.6) is 0 Å². The third-order valence-electron chi connectivity index (χ3n) is 8.97. The minimum absolute atomic E-state index is 0.788. The van der Waals surface area contributed by atoms with Gasteiger partial charge in [0.1, 0.15) is 0 Å². The second-order valence-electron chi connectivity index (χ2n) is 11.3. The maximum Gasteiger partial charge on any atom is -0.0162 e. The van der Waals surface area contributed by atoms with Gasteiger partial charge in [-0.3, -0.25) is 0 Å². The predicted octanol–water partition coefficient (Wildman–Crippen LogP) is 10.7. The Morgan fingerprint density at radius 3 is 1.27 bits per heavy atom. The Kier molecular flexibility index (Phi) is 9.51. The second kappa shape index (κ2) is 12.8. The van der Waals surface area contributed by atoms with Gasteiger partial charge in [-0.15, -0.1) is 0 Å². The molecule has 0 nitrogen and oxygen atoms in total. The molecule has 0 radical (unpaired) electrons. The maximum absolute atomic E-state index is 2.42. The van der Waals surface area contributed by atoms with E-state index in [-0.39, 0.29) is 0 Å². The Labute approximate surface area is 204 Å². The first kappa shape index (κ1) is 24.6. The molecular formula is C33H48. The van der Waals surface area contributed by atoms with E-state index >= 15 is 0 Å². The van der Waals surface area contributed by atoms with Crippen LogP contribution < -0.4 is 0 Å². The summed E-state index contributed by atoms with van der Waals surface area (Å²) in [5.74, 6) is 3.57. The summed E-state index contributed by atoms with van der Waals surface area (Å²) in [5.41, 5.74) is 5.89. The summed E-state index contributed by atoms with van der Waals surface area (Å²) in [4.78, 5) is 0. The second-order valence-corrected chi connectivity index (χ2v) is 11.3. The summed E-state index contributed by atoms with van der Waals surface area (Å²) in [6.07, 6.45) is 21.2. The fourth-order valence-electron chi connectivity index (χ4n) is 6.64. The molecule has 2 fully saturated rings. The highest BCUT2D eigenvalue weighted by Crippen LogP contribution is 2.40. The van der Waals surface area contributed by atoms with E-state index in [1.165, 1.54) is 107 Å². The molecule has 0 N–H and O–H groups in total. The first-order valence-corrected chi connectivity index (χ1v) is 14.5. The molecule has 0 bridgehead atoms. The zero-order valence-electron chi connectivity index (χ0n) is 21.5. The van der Waals surface area contributed by atoms with Gasteiger partial charge in [0.05, 0.1) is 0 Å². The van der Waals surface area contributed by atoms with Crippen LogP contribution in [0, 0.1) is 11.8 Å². The van der Waals surface area contributed by atoms with Gasteiger partial charge in [-0.05, 0) is 97.3 Å². The van der Waals surface area contributed by atoms with E-state index in [9.17, 15) is 0 Å². The molecule has 2 saturated carbocycles. The molecule has 0 unspecified atom stereocenters. The van der Waals surface area contributed by atoms with E-state index in [4.69, 9.17) is 0 Å². The highest BCUT2D eigenvalue weighted by atomic mass is 14.3. The van der Waals surface area contributed by atoms with E-state index < -0.39 is 0 Å². The van der Waals surface area contributed by atoms with Crippen molar-refractivity contribution in [3.05, 3.63) is 59.7 Å². The Bertz CT molecular complexity index is 783. The van der Waals surface area contributed by atoms with Crippen LogP contribution in [0.3, 0.4) is 0 Å². The molecule has 0 aromatic heterocycles. The summed E-state index contributed by atoms with van der Waals surface area (Å²) in [5, 5.41) is 0. The molecule has 0 heterocycles. The van der Waals surface area contributed by atoms with E-state index in [0.717, 1.165) is 23.7 Å². The molecule has 2 aliphatic rings. The van der Waals surface area contributed by atoms with Gasteiger partial charge >= 0.3 is 0 Å². The van der Waals surface area contributed by atoms with Crippen molar-refractivity contribution in [3.8, 4) is 11.1 Å². The van der Waals surface area contributed by atoms with Gasteiger partial charge in [0.2, 0.25) is 0 Å². The van der Waals surface area contributed by atoms with Crippen molar-refractivity contribution >= 4 is 0 Å². The largest absolute Gasteiger partial charge is 0.0654 e. The van der Waals surface area contributed by atoms with E-state index in [0.29, 0.717) is 0 Å². The first-order chi connectivity index (χ1) is 16.3. The maximum atomic E-state index is 2.42. The third-order valence-corrected chi connectivity index (χ3v) is 8.97. The van der Waals surface area contributed by atoms with Gasteiger partial charge in [0.15, 0.2) is 0 Å². The molecule has 0 atom stereocenters. The first-order valence-electron chi connectivity index (χ1n) is 14.5. The monoisotopic (exact) mass is 444 g/mol. The molecule has 0 saturated heterocycles. The molecule has 2 aromatic rings. The van der Waals surface area contributed by atoms with Gasteiger partial charge in [0, 0.05) is 0 Å². The topological polar surface area (TPSA) is 0 Å². The van der Waals surface area contributed by atoms with E-state index in [1.54, 1.807) is 11.1 Å². The van der Waals surface area contributed by atoms with Crippen LogP contribution in [0.2, 0.25) is 0 Å². The minimum atomic E-state index is 0.788. The van der Waals surface area contributed by atoms with Gasteiger partial charge in [-0.2, -0.15) is 0 Å². The van der Waals surface area contributed by atoms with Crippen molar-refractivity contribution < 1.29 is 0 Å². The molecule has 2 aliphatic carbocycles. The molecule has 33 heavy (non-hydrogen) atoms. The van der Waals surface area contributed by atoms with Crippen LogP contribution in [-0.2, 0) is 0 Å². The van der Waals surface area contributed by atoms with Crippen molar-refractivity contribution in [1.29, 1.82) is 0 Å². The lowest BCUT2D eigenvalue weighted by molar-refractivity contribution is 0.303. The Balaban J connectivity index is 1.27. The quantitative estimate of drug-likeness (QED) is 0.320. The molecule has 0 amide bonds. The van der Waals surface area contributed by atoms with Gasteiger partial charge in [-0.25, -0.2) is 0 Å². The van der Waals surface area contributed by atoms with E-state index in [2.05, 4.69) is 62.4 Å². The zero-order valence-corrected chi connectivity index (χ0v) is 21.5. The van der Waals surface area contributed by atoms with Crippen molar-refractivity contribution in [1.82, 2.24) is 0 Å². The predicted molar refractivity (Wildman–Crippen MR) is 145 cm³/mol. The molecule has 4 rings (SSSR count). The lowest BCUT2D eigenvalue weighted by Crippen LogP contribution is -2.13. The van der Waals surface area contributed by atoms with Crippen LogP contribution in [-0.4, -0.2) is 0 Å². The van der Waals surface area contributed by atoms with Crippen molar-refractivity contribution in [2.75, 3.05) is 0 Å². The standard InChI is InChI=1S/C33H48/c1-3-5-7-9-27-12-16-29(17-13-27)31-20-24-33(25-21-31)32-22-18-30(19-23-32)28-14-10-26(11-15-28)8-6-4-2/h18-29H,3-17H2,1-2H3. The van der Waals surface area contributed by atoms with Crippen LogP contribution >= 0.6 is 0 Å². The summed E-state index contributed by atoms with van der Waals surface area (Å²) < 4.78 is 0. The Hall–Kier alpha value is -1.56. The van der Waals surface area contributed by atoms with Crippen LogP contribution in [0.4, 0.5) is 0 Å². The van der Waals surface area contributed by atoms with Gasteiger partial charge in [0.25, 0.3) is 0 Å². The lowest BCUT2D eigenvalue weighted by Gasteiger charge is -2.29. The number of benzene rings is 2. The van der Waals surface area contributed by atoms with Crippen molar-refractivity contribution in [3.63, 3.8) is 0 Å². The number of hydrogen-bond acceptors (Lipinski definition) is 0. The average molecular weight is 445 g/mol.